The van der Waals surface area contributed by atoms with E-state index < -0.39 is 29.7 Å². The number of aryl methyl sites for hydroxylation is 1. The third kappa shape index (κ3) is 3.79. The maximum Gasteiger partial charge on any atom is 0.419 e. The van der Waals surface area contributed by atoms with Crippen LogP contribution in [0, 0.1) is 6.92 Å². The van der Waals surface area contributed by atoms with Gasteiger partial charge in [-0.15, -0.1) is 0 Å². The van der Waals surface area contributed by atoms with Crippen molar-refractivity contribution >= 4 is 28.2 Å². The molecule has 3 N–H and O–H groups in total. The number of nitrogens with one attached hydrogen (secondary N) is 1. The Kier molecular flexibility index (Phi) is 5.53. The van der Waals surface area contributed by atoms with Gasteiger partial charge in [0.25, 0.3) is 0 Å². The summed E-state index contributed by atoms with van der Waals surface area (Å²) < 4.78 is 44.9. The molecule has 0 amide bonds. The van der Waals surface area contributed by atoms with Crippen LogP contribution in [0.15, 0.2) is 60.8 Å². The van der Waals surface area contributed by atoms with Gasteiger partial charge in [-0.3, -0.25) is 0 Å². The molecule has 2 atom stereocenters. The summed E-state index contributed by atoms with van der Waals surface area (Å²) in [5.74, 6) is -0.273. The number of benzene rings is 3. The predicted molar refractivity (Wildman–Crippen MR) is 134 cm³/mol. The van der Waals surface area contributed by atoms with Crippen LogP contribution in [-0.2, 0) is 5.41 Å². The highest BCUT2D eigenvalue weighted by atomic mass is 35.5. The monoisotopic (exact) mass is 515 g/mol. The molecule has 0 saturated heterocycles. The van der Waals surface area contributed by atoms with Gasteiger partial charge in [0.15, 0.2) is 5.60 Å². The van der Waals surface area contributed by atoms with Gasteiger partial charge in [0, 0.05) is 16.6 Å². The van der Waals surface area contributed by atoms with Crippen molar-refractivity contribution in [1.29, 1.82) is 0 Å². The van der Waals surface area contributed by atoms with E-state index in [1.54, 1.807) is 42.9 Å². The second kappa shape index (κ2) is 8.15. The van der Waals surface area contributed by atoms with E-state index >= 15 is 0 Å². The number of halogens is 4. The molecular weight excluding hydrogens is 491 g/mol. The van der Waals surface area contributed by atoms with Crippen molar-refractivity contribution in [3.05, 3.63) is 82.5 Å². The zero-order chi connectivity index (χ0) is 26.0. The van der Waals surface area contributed by atoms with Crippen LogP contribution < -0.4 is 5.32 Å². The number of alkyl halides is 3. The minimum absolute atomic E-state index is 0.0444. The Morgan fingerprint density at radius 1 is 1.08 bits per heavy atom. The van der Waals surface area contributed by atoms with Crippen LogP contribution in [0.5, 0.6) is 5.75 Å². The van der Waals surface area contributed by atoms with E-state index in [9.17, 15) is 23.4 Å². The van der Waals surface area contributed by atoms with Gasteiger partial charge in [-0.2, -0.15) is 18.3 Å². The fraction of sp³-hybridized carbons (Fsp3) is 0.296. The van der Waals surface area contributed by atoms with Gasteiger partial charge in [-0.1, -0.05) is 49.2 Å². The predicted octanol–water partition coefficient (Wildman–Crippen LogP) is 6.82. The minimum atomic E-state index is -4.94. The average Bonchev–Trinajstić information content (AvgIpc) is 3.21. The molecule has 0 unspecified atom stereocenters. The SMILES string of the molecule is Cc1ccc(-n2ncc3cc(N[C@H]4c5ccc(Cl)c(O)c5C(C)(C)C[C@@]4(O)C(F)(F)F)ccc32)cc1. The van der Waals surface area contributed by atoms with Gasteiger partial charge in [0.2, 0.25) is 0 Å². The molecule has 1 aliphatic rings. The first-order valence-corrected chi connectivity index (χ1v) is 11.8. The van der Waals surface area contributed by atoms with E-state index in [2.05, 4.69) is 10.4 Å². The molecular formula is C27H25ClF3N3O2. The average molecular weight is 516 g/mol. The smallest absolute Gasteiger partial charge is 0.419 e. The van der Waals surface area contributed by atoms with Crippen LogP contribution in [0.1, 0.15) is 43.0 Å². The molecule has 1 aliphatic carbocycles. The molecule has 3 aromatic carbocycles. The maximum absolute atomic E-state index is 14.4. The Hall–Kier alpha value is -3.23. The van der Waals surface area contributed by atoms with Gasteiger partial charge in [-0.05, 0) is 60.7 Å². The van der Waals surface area contributed by atoms with E-state index in [-0.39, 0.29) is 21.9 Å². The van der Waals surface area contributed by atoms with Crippen LogP contribution in [0.25, 0.3) is 16.6 Å². The Morgan fingerprint density at radius 3 is 2.44 bits per heavy atom. The quantitative estimate of drug-likeness (QED) is 0.280. The molecule has 0 fully saturated rings. The molecule has 1 aromatic heterocycles. The second-order valence-corrected chi connectivity index (χ2v) is 10.5. The fourth-order valence-electron chi connectivity index (χ4n) is 5.30. The zero-order valence-electron chi connectivity index (χ0n) is 19.9. The lowest BCUT2D eigenvalue weighted by Crippen LogP contribution is -2.58. The van der Waals surface area contributed by atoms with Crippen molar-refractivity contribution in [2.45, 2.75) is 50.4 Å². The van der Waals surface area contributed by atoms with Crippen LogP contribution >= 0.6 is 11.6 Å². The molecule has 0 radical (unpaired) electrons. The number of fused-ring (bicyclic) bond motifs is 2. The first kappa shape index (κ1) is 24.5. The largest absolute Gasteiger partial charge is 0.506 e. The van der Waals surface area contributed by atoms with E-state index in [0.717, 1.165) is 16.8 Å². The Morgan fingerprint density at radius 2 is 1.78 bits per heavy atom. The van der Waals surface area contributed by atoms with Crippen molar-refractivity contribution in [1.82, 2.24) is 9.78 Å². The highest BCUT2D eigenvalue weighted by Crippen LogP contribution is 2.57. The molecule has 0 aliphatic heterocycles. The maximum atomic E-state index is 14.4. The summed E-state index contributed by atoms with van der Waals surface area (Å²) in [7, 11) is 0. The van der Waals surface area contributed by atoms with Crippen molar-refractivity contribution in [3.63, 3.8) is 0 Å². The summed E-state index contributed by atoms with van der Waals surface area (Å²) >= 11 is 6.10. The number of aliphatic hydroxyl groups is 1. The van der Waals surface area contributed by atoms with Crippen LogP contribution in [0.4, 0.5) is 18.9 Å². The normalized spacial score (nSPS) is 21.4. The summed E-state index contributed by atoms with van der Waals surface area (Å²) in [5, 5.41) is 29.9. The molecule has 0 saturated carbocycles. The van der Waals surface area contributed by atoms with Gasteiger partial charge in [0.05, 0.1) is 28.5 Å². The van der Waals surface area contributed by atoms with Gasteiger partial charge in [0.1, 0.15) is 5.75 Å². The van der Waals surface area contributed by atoms with Gasteiger partial charge >= 0.3 is 6.18 Å². The number of rotatable bonds is 3. The van der Waals surface area contributed by atoms with E-state index in [1.165, 1.54) is 12.1 Å². The molecule has 5 nitrogen and oxygen atoms in total. The highest BCUT2D eigenvalue weighted by Gasteiger charge is 2.64. The van der Waals surface area contributed by atoms with Crippen molar-refractivity contribution in [2.24, 2.45) is 0 Å². The third-order valence-electron chi connectivity index (χ3n) is 6.99. The Labute approximate surface area is 211 Å². The number of nitrogens with zero attached hydrogens (tertiary/aromatic N) is 2. The van der Waals surface area contributed by atoms with Crippen LogP contribution in [0.2, 0.25) is 5.02 Å². The number of aromatic nitrogens is 2. The molecule has 36 heavy (non-hydrogen) atoms. The standard InChI is InChI=1S/C27H25ClF3N3O2/c1-15-4-7-18(8-5-15)34-21-11-6-17(12-16(21)13-32-34)33-24-19-9-10-20(28)23(35)22(19)25(2,3)14-26(24,36)27(29,30)31/h4-13,24,33,35-36H,14H2,1-3H3/t24-,26-/m0/s1. The Balaban J connectivity index is 1.60. The lowest BCUT2D eigenvalue weighted by molar-refractivity contribution is -0.275. The topological polar surface area (TPSA) is 70.3 Å². The van der Waals surface area contributed by atoms with E-state index in [0.29, 0.717) is 11.1 Å². The number of hydrogen-bond acceptors (Lipinski definition) is 4. The van der Waals surface area contributed by atoms with E-state index in [1.807, 2.05) is 31.2 Å². The third-order valence-corrected chi connectivity index (χ3v) is 7.29. The Bertz CT molecular complexity index is 1460. The van der Waals surface area contributed by atoms with Crippen molar-refractivity contribution in [2.75, 3.05) is 5.32 Å². The number of phenols is 1. The van der Waals surface area contributed by atoms with Crippen molar-refractivity contribution in [3.8, 4) is 11.4 Å². The summed E-state index contributed by atoms with van der Waals surface area (Å²) in [6.07, 6.45) is -3.95. The number of hydrogen-bond donors (Lipinski definition) is 3. The summed E-state index contributed by atoms with van der Waals surface area (Å²) in [6, 6.07) is 14.1. The van der Waals surface area contributed by atoms with Crippen molar-refractivity contribution < 1.29 is 23.4 Å². The first-order valence-electron chi connectivity index (χ1n) is 11.4. The van der Waals surface area contributed by atoms with Gasteiger partial charge in [-0.25, -0.2) is 4.68 Å². The summed E-state index contributed by atoms with van der Waals surface area (Å²) in [6.45, 7) is 5.10. The molecule has 0 spiro atoms. The fourth-order valence-corrected chi connectivity index (χ4v) is 5.45. The molecule has 5 rings (SSSR count). The first-order chi connectivity index (χ1) is 16.8. The lowest BCUT2D eigenvalue weighted by Gasteiger charge is -2.49. The molecule has 4 aromatic rings. The van der Waals surface area contributed by atoms with E-state index in [4.69, 9.17) is 11.6 Å². The van der Waals surface area contributed by atoms with Crippen LogP contribution in [-0.4, -0.2) is 31.8 Å². The number of aromatic hydroxyl groups is 1. The minimum Gasteiger partial charge on any atom is -0.506 e. The van der Waals surface area contributed by atoms with Gasteiger partial charge < -0.3 is 15.5 Å². The zero-order valence-corrected chi connectivity index (χ0v) is 20.6. The molecule has 9 heteroatoms. The second-order valence-electron chi connectivity index (χ2n) is 10.1. The lowest BCUT2D eigenvalue weighted by atomic mass is 9.63. The number of anilines is 1. The van der Waals surface area contributed by atoms with Crippen LogP contribution in [0.3, 0.4) is 0 Å². The molecule has 1 heterocycles. The summed E-state index contributed by atoms with van der Waals surface area (Å²) in [4.78, 5) is 0. The molecule has 0 bridgehead atoms. The summed E-state index contributed by atoms with van der Waals surface area (Å²) in [5.41, 5.74) is -0.723. The number of phenolic OH excluding ortho intramolecular Hbond substituents is 1. The highest BCUT2D eigenvalue weighted by molar-refractivity contribution is 6.32. The molecule has 188 valence electrons.